The molecule has 1 rings (SSSR count). The Morgan fingerprint density at radius 1 is 1.12 bits per heavy atom. The van der Waals surface area contributed by atoms with E-state index in [1.807, 2.05) is 0 Å². The molecule has 0 radical (unpaired) electrons. The Bertz CT molecular complexity index is 391. The van der Waals surface area contributed by atoms with Crippen LogP contribution in [0.4, 0.5) is 13.2 Å². The zero-order valence-electron chi connectivity index (χ0n) is 9.44. The zero-order chi connectivity index (χ0) is 12.5. The van der Waals surface area contributed by atoms with Crippen molar-refractivity contribution in [2.24, 2.45) is 5.84 Å². The molecule has 0 aliphatic rings. The number of nitrogens with one attached hydrogen (secondary N) is 1. The number of hydrogen-bond acceptors (Lipinski definition) is 2. The van der Waals surface area contributed by atoms with Crippen LogP contribution in [0.1, 0.15) is 43.9 Å². The van der Waals surface area contributed by atoms with Crippen molar-refractivity contribution >= 4 is 0 Å². The van der Waals surface area contributed by atoms with E-state index in [4.69, 9.17) is 5.84 Å². The van der Waals surface area contributed by atoms with E-state index >= 15 is 0 Å². The quantitative estimate of drug-likeness (QED) is 0.477. The first-order valence-electron chi connectivity index (χ1n) is 5.03. The van der Waals surface area contributed by atoms with Gasteiger partial charge in [0.1, 0.15) is 5.82 Å². The summed E-state index contributed by atoms with van der Waals surface area (Å²) in [4.78, 5) is 0. The Hall–Kier alpha value is -1.07. The van der Waals surface area contributed by atoms with Gasteiger partial charge in [-0.25, -0.2) is 13.2 Å². The number of halogens is 3. The van der Waals surface area contributed by atoms with Crippen LogP contribution in [0.25, 0.3) is 0 Å². The van der Waals surface area contributed by atoms with Gasteiger partial charge in [-0.3, -0.25) is 11.3 Å². The first-order valence-corrected chi connectivity index (χ1v) is 5.03. The minimum atomic E-state index is -1.12. The van der Waals surface area contributed by atoms with E-state index < -0.39 is 29.4 Å². The maximum absolute atomic E-state index is 13.9. The molecule has 0 aliphatic carbocycles. The van der Waals surface area contributed by atoms with Gasteiger partial charge in [-0.2, -0.15) is 0 Å². The molecule has 0 spiro atoms. The van der Waals surface area contributed by atoms with E-state index in [1.54, 1.807) is 20.8 Å². The predicted molar refractivity (Wildman–Crippen MR) is 56.1 cm³/mol. The summed E-state index contributed by atoms with van der Waals surface area (Å²) >= 11 is 0. The van der Waals surface area contributed by atoms with Crippen molar-refractivity contribution in [3.63, 3.8) is 0 Å². The third kappa shape index (κ3) is 2.20. The van der Waals surface area contributed by atoms with Gasteiger partial charge >= 0.3 is 0 Å². The van der Waals surface area contributed by atoms with Crippen LogP contribution >= 0.6 is 0 Å². The van der Waals surface area contributed by atoms with Gasteiger partial charge in [-0.1, -0.05) is 13.8 Å². The van der Waals surface area contributed by atoms with E-state index in [0.717, 1.165) is 6.07 Å². The minimum Gasteiger partial charge on any atom is -0.271 e. The second-order valence-electron chi connectivity index (χ2n) is 4.03. The van der Waals surface area contributed by atoms with Gasteiger partial charge in [0.2, 0.25) is 0 Å². The van der Waals surface area contributed by atoms with Crippen LogP contribution in [-0.4, -0.2) is 0 Å². The van der Waals surface area contributed by atoms with Gasteiger partial charge in [0, 0.05) is 17.2 Å². The number of hydrogen-bond donors (Lipinski definition) is 2. The van der Waals surface area contributed by atoms with Gasteiger partial charge in [-0.15, -0.1) is 0 Å². The highest BCUT2D eigenvalue weighted by atomic mass is 19.2. The summed E-state index contributed by atoms with van der Waals surface area (Å²) in [5, 5.41) is 0. The monoisotopic (exact) mass is 232 g/mol. The Kier molecular flexibility index (Phi) is 3.93. The molecule has 1 atom stereocenters. The second kappa shape index (κ2) is 4.84. The Labute approximate surface area is 92.6 Å². The largest absolute Gasteiger partial charge is 0.271 e. The smallest absolute Gasteiger partial charge is 0.165 e. The molecular formula is C11H15F3N2. The molecule has 16 heavy (non-hydrogen) atoms. The van der Waals surface area contributed by atoms with Crippen molar-refractivity contribution in [1.29, 1.82) is 0 Å². The van der Waals surface area contributed by atoms with Crippen LogP contribution < -0.4 is 11.3 Å². The van der Waals surface area contributed by atoms with Crippen LogP contribution in [0.2, 0.25) is 0 Å². The molecule has 1 unspecified atom stereocenters. The molecule has 0 aromatic heterocycles. The molecular weight excluding hydrogens is 217 g/mol. The van der Waals surface area contributed by atoms with Crippen LogP contribution in [0.5, 0.6) is 0 Å². The lowest BCUT2D eigenvalue weighted by atomic mass is 9.96. The van der Waals surface area contributed by atoms with Crippen LogP contribution in [0.15, 0.2) is 6.07 Å². The minimum absolute atomic E-state index is 0.0325. The van der Waals surface area contributed by atoms with E-state index in [0.29, 0.717) is 0 Å². The van der Waals surface area contributed by atoms with E-state index in [-0.39, 0.29) is 11.1 Å². The van der Waals surface area contributed by atoms with Crippen LogP contribution in [0.3, 0.4) is 0 Å². The highest BCUT2D eigenvalue weighted by Crippen LogP contribution is 2.29. The van der Waals surface area contributed by atoms with Gasteiger partial charge < -0.3 is 0 Å². The van der Waals surface area contributed by atoms with Crippen molar-refractivity contribution in [2.45, 2.75) is 32.7 Å². The van der Waals surface area contributed by atoms with E-state index in [9.17, 15) is 13.2 Å². The Morgan fingerprint density at radius 2 is 1.69 bits per heavy atom. The maximum Gasteiger partial charge on any atom is 0.165 e. The third-order valence-corrected chi connectivity index (χ3v) is 2.51. The van der Waals surface area contributed by atoms with Crippen LogP contribution in [0, 0.1) is 17.5 Å². The van der Waals surface area contributed by atoms with Crippen molar-refractivity contribution in [1.82, 2.24) is 5.43 Å². The predicted octanol–water partition coefficient (Wildman–Crippen LogP) is 2.75. The number of rotatable bonds is 3. The van der Waals surface area contributed by atoms with E-state index in [2.05, 4.69) is 5.43 Å². The highest BCUT2D eigenvalue weighted by Gasteiger charge is 2.22. The fourth-order valence-corrected chi connectivity index (χ4v) is 1.56. The molecule has 0 fully saturated rings. The normalized spacial score (nSPS) is 13.2. The lowest BCUT2D eigenvalue weighted by molar-refractivity contribution is 0.455. The summed E-state index contributed by atoms with van der Waals surface area (Å²) in [6.45, 7) is 4.77. The SMILES string of the molecule is CC(C)c1c(F)c(F)cc(C(C)NN)c1F. The summed E-state index contributed by atoms with van der Waals surface area (Å²) in [6.07, 6.45) is 0. The van der Waals surface area contributed by atoms with Gasteiger partial charge in [0.25, 0.3) is 0 Å². The Balaban J connectivity index is 3.44. The molecule has 90 valence electrons. The third-order valence-electron chi connectivity index (χ3n) is 2.51. The summed E-state index contributed by atoms with van der Waals surface area (Å²) in [7, 11) is 0. The van der Waals surface area contributed by atoms with Gasteiger partial charge in [-0.05, 0) is 18.9 Å². The number of hydrazine groups is 1. The molecule has 5 heteroatoms. The molecule has 1 aromatic carbocycles. The van der Waals surface area contributed by atoms with Crippen molar-refractivity contribution in [3.8, 4) is 0 Å². The molecule has 0 amide bonds. The van der Waals surface area contributed by atoms with Crippen molar-refractivity contribution in [2.75, 3.05) is 0 Å². The first-order chi connectivity index (χ1) is 7.40. The van der Waals surface area contributed by atoms with E-state index in [1.165, 1.54) is 0 Å². The van der Waals surface area contributed by atoms with Crippen LogP contribution in [-0.2, 0) is 0 Å². The molecule has 0 saturated carbocycles. The average molecular weight is 232 g/mol. The summed E-state index contributed by atoms with van der Waals surface area (Å²) in [5.74, 6) is 1.81. The van der Waals surface area contributed by atoms with Crippen molar-refractivity contribution in [3.05, 3.63) is 34.6 Å². The average Bonchev–Trinajstić information content (AvgIpc) is 2.22. The fourth-order valence-electron chi connectivity index (χ4n) is 1.56. The second-order valence-corrected chi connectivity index (χ2v) is 4.03. The molecule has 0 heterocycles. The molecule has 0 aliphatic heterocycles. The number of nitrogens with two attached hydrogens (primary N) is 1. The topological polar surface area (TPSA) is 38.0 Å². The molecule has 0 bridgehead atoms. The van der Waals surface area contributed by atoms with Gasteiger partial charge in [0.05, 0.1) is 0 Å². The zero-order valence-corrected chi connectivity index (χ0v) is 9.44. The molecule has 1 aromatic rings. The molecule has 0 saturated heterocycles. The lowest BCUT2D eigenvalue weighted by Crippen LogP contribution is -2.27. The van der Waals surface area contributed by atoms with Crippen molar-refractivity contribution < 1.29 is 13.2 Å². The number of benzene rings is 1. The molecule has 2 nitrogen and oxygen atoms in total. The fraction of sp³-hybridized carbons (Fsp3) is 0.455. The summed E-state index contributed by atoms with van der Waals surface area (Å²) < 4.78 is 40.6. The lowest BCUT2D eigenvalue weighted by Gasteiger charge is -2.17. The maximum atomic E-state index is 13.9. The molecule has 3 N–H and O–H groups in total. The highest BCUT2D eigenvalue weighted by molar-refractivity contribution is 5.32. The first kappa shape index (κ1) is 13.0. The summed E-state index contributed by atoms with van der Waals surface area (Å²) in [5.41, 5.74) is 2.10. The summed E-state index contributed by atoms with van der Waals surface area (Å²) in [6, 6.07) is 0.258. The standard InChI is InChI=1S/C11H15F3N2/c1-5(2)9-10(13)7(6(3)16-15)4-8(12)11(9)14/h4-6,16H,15H2,1-3H3. The Morgan fingerprint density at radius 3 is 2.12 bits per heavy atom. The van der Waals surface area contributed by atoms with Gasteiger partial charge in [0.15, 0.2) is 11.6 Å².